The number of rotatable bonds is 9. The van der Waals surface area contributed by atoms with Crippen LogP contribution in [0.3, 0.4) is 0 Å². The molecule has 0 fully saturated rings. The van der Waals surface area contributed by atoms with Crippen molar-refractivity contribution in [3.63, 3.8) is 0 Å². The zero-order valence-electron chi connectivity index (χ0n) is 17.3. The first-order valence-electron chi connectivity index (χ1n) is 9.85. The van der Waals surface area contributed by atoms with Gasteiger partial charge in [-0.15, -0.1) is 21.5 Å². The Morgan fingerprint density at radius 2 is 2.00 bits per heavy atom. The normalized spacial score (nSPS) is 11.0. The molecule has 2 aromatic heterocycles. The van der Waals surface area contributed by atoms with Crippen molar-refractivity contribution in [1.29, 1.82) is 0 Å². The lowest BCUT2D eigenvalue weighted by Crippen LogP contribution is -2.41. The maximum atomic E-state index is 14.3. The van der Waals surface area contributed by atoms with Gasteiger partial charge in [-0.3, -0.25) is 10.1 Å². The van der Waals surface area contributed by atoms with E-state index in [4.69, 9.17) is 0 Å². The summed E-state index contributed by atoms with van der Waals surface area (Å²) < 4.78 is 16.1. The lowest BCUT2D eigenvalue weighted by molar-refractivity contribution is -0.117. The predicted octanol–water partition coefficient (Wildman–Crippen LogP) is 3.96. The minimum Gasteiger partial charge on any atom is -0.337 e. The van der Waals surface area contributed by atoms with Crippen LogP contribution in [0.1, 0.15) is 18.7 Å². The fourth-order valence-electron chi connectivity index (χ4n) is 2.86. The molecule has 31 heavy (non-hydrogen) atoms. The summed E-state index contributed by atoms with van der Waals surface area (Å²) in [4.78, 5) is 25.2. The van der Waals surface area contributed by atoms with Gasteiger partial charge in [0.25, 0.3) is 0 Å². The van der Waals surface area contributed by atoms with Crippen molar-refractivity contribution in [3.05, 3.63) is 52.5 Å². The van der Waals surface area contributed by atoms with Gasteiger partial charge in [0, 0.05) is 18.0 Å². The van der Waals surface area contributed by atoms with E-state index in [-0.39, 0.29) is 17.5 Å². The van der Waals surface area contributed by atoms with Crippen LogP contribution in [0.5, 0.6) is 0 Å². The van der Waals surface area contributed by atoms with Crippen LogP contribution >= 0.6 is 23.1 Å². The van der Waals surface area contributed by atoms with Crippen LogP contribution in [-0.2, 0) is 17.8 Å². The largest absolute Gasteiger partial charge is 0.337 e. The fourth-order valence-corrected chi connectivity index (χ4v) is 4.31. The van der Waals surface area contributed by atoms with Crippen LogP contribution in [0.15, 0.2) is 46.9 Å². The van der Waals surface area contributed by atoms with Gasteiger partial charge in [0.15, 0.2) is 11.0 Å². The van der Waals surface area contributed by atoms with E-state index in [0.29, 0.717) is 36.1 Å². The van der Waals surface area contributed by atoms with Gasteiger partial charge in [-0.1, -0.05) is 43.8 Å². The first-order chi connectivity index (χ1) is 14.9. The Morgan fingerprint density at radius 3 is 2.71 bits per heavy atom. The van der Waals surface area contributed by atoms with Gasteiger partial charge in [-0.25, -0.2) is 9.18 Å². The van der Waals surface area contributed by atoms with Crippen LogP contribution < -0.4 is 10.6 Å². The monoisotopic (exact) mass is 461 g/mol. The number of halogens is 1. The van der Waals surface area contributed by atoms with Gasteiger partial charge in [-0.2, -0.15) is 0 Å². The summed E-state index contributed by atoms with van der Waals surface area (Å²) in [5.41, 5.74) is 0.358. The Kier molecular flexibility index (Phi) is 8.19. The Balaban J connectivity index is 1.57. The molecule has 0 aliphatic heterocycles. The van der Waals surface area contributed by atoms with Gasteiger partial charge < -0.3 is 9.88 Å². The van der Waals surface area contributed by atoms with Gasteiger partial charge in [0.1, 0.15) is 5.82 Å². The quantitative estimate of drug-likeness (QED) is 0.471. The highest BCUT2D eigenvalue weighted by molar-refractivity contribution is 7.99. The molecule has 0 saturated carbocycles. The number of hydrogen-bond donors (Lipinski definition) is 2. The van der Waals surface area contributed by atoms with E-state index >= 15 is 0 Å². The Hall–Kier alpha value is -2.72. The third kappa shape index (κ3) is 6.63. The third-order valence-corrected chi connectivity index (χ3v) is 6.10. The molecule has 10 heteroatoms. The summed E-state index contributed by atoms with van der Waals surface area (Å²) in [6.07, 6.45) is 0.713. The summed E-state index contributed by atoms with van der Waals surface area (Å²) in [7, 11) is 0. The van der Waals surface area contributed by atoms with E-state index in [0.717, 1.165) is 16.6 Å². The topological polar surface area (TPSA) is 88.9 Å². The fraction of sp³-hybridized carbons (Fsp3) is 0.333. The number of thiophene rings is 1. The molecule has 0 aliphatic carbocycles. The minimum atomic E-state index is -0.530. The van der Waals surface area contributed by atoms with Crippen LogP contribution in [0.4, 0.5) is 9.18 Å². The molecule has 0 atom stereocenters. The second-order valence-corrected chi connectivity index (χ2v) is 9.19. The first-order valence-corrected chi connectivity index (χ1v) is 11.7. The number of carbonyl (C=O) groups is 2. The maximum absolute atomic E-state index is 14.3. The lowest BCUT2D eigenvalue weighted by atomic mass is 10.2. The van der Waals surface area contributed by atoms with E-state index in [2.05, 4.69) is 20.8 Å². The summed E-state index contributed by atoms with van der Waals surface area (Å²) in [6.45, 7) is 5.09. The minimum absolute atomic E-state index is 0.00809. The number of amides is 3. The van der Waals surface area contributed by atoms with Crippen molar-refractivity contribution >= 4 is 35.0 Å². The Morgan fingerprint density at radius 1 is 1.19 bits per heavy atom. The smallest absolute Gasteiger partial charge is 0.321 e. The van der Waals surface area contributed by atoms with Gasteiger partial charge in [-0.05, 0) is 35.9 Å². The van der Waals surface area contributed by atoms with Gasteiger partial charge in [0.2, 0.25) is 5.91 Å². The van der Waals surface area contributed by atoms with Crippen LogP contribution in [-0.4, -0.2) is 39.0 Å². The van der Waals surface area contributed by atoms with Crippen LogP contribution in [0.25, 0.3) is 11.4 Å². The van der Waals surface area contributed by atoms with E-state index in [1.54, 1.807) is 29.5 Å². The summed E-state index contributed by atoms with van der Waals surface area (Å²) in [6, 6.07) is 9.81. The second-order valence-electron chi connectivity index (χ2n) is 7.21. The molecular weight excluding hydrogens is 437 g/mol. The van der Waals surface area contributed by atoms with Gasteiger partial charge >= 0.3 is 6.03 Å². The van der Waals surface area contributed by atoms with Crippen molar-refractivity contribution in [2.24, 2.45) is 5.92 Å². The van der Waals surface area contributed by atoms with Crippen molar-refractivity contribution < 1.29 is 14.0 Å². The maximum Gasteiger partial charge on any atom is 0.321 e. The number of aromatic nitrogens is 3. The molecule has 3 aromatic rings. The molecule has 0 unspecified atom stereocenters. The lowest BCUT2D eigenvalue weighted by Gasteiger charge is -2.13. The van der Waals surface area contributed by atoms with E-state index < -0.39 is 11.9 Å². The molecule has 0 bridgehead atoms. The number of carbonyl (C=O) groups excluding carboxylic acids is 2. The Labute approximate surface area is 188 Å². The molecule has 0 radical (unpaired) electrons. The van der Waals surface area contributed by atoms with E-state index in [1.807, 2.05) is 35.9 Å². The van der Waals surface area contributed by atoms with E-state index in [1.165, 1.54) is 6.07 Å². The molecule has 7 nitrogen and oxygen atoms in total. The van der Waals surface area contributed by atoms with Crippen molar-refractivity contribution in [2.75, 3.05) is 12.3 Å². The average Bonchev–Trinajstić information content (AvgIpc) is 3.37. The van der Waals surface area contributed by atoms with Crippen LogP contribution in [0, 0.1) is 11.7 Å². The van der Waals surface area contributed by atoms with Crippen molar-refractivity contribution in [3.8, 4) is 11.4 Å². The number of thioether (sulfide) groups is 1. The highest BCUT2D eigenvalue weighted by Crippen LogP contribution is 2.26. The molecule has 0 saturated heterocycles. The summed E-state index contributed by atoms with van der Waals surface area (Å²) in [5, 5.41) is 15.8. The second kappa shape index (κ2) is 11.1. The van der Waals surface area contributed by atoms with E-state index in [9.17, 15) is 14.0 Å². The molecule has 0 spiro atoms. The summed E-state index contributed by atoms with van der Waals surface area (Å²) in [5.74, 6) is -0.144. The third-order valence-electron chi connectivity index (χ3n) is 4.20. The zero-order valence-corrected chi connectivity index (χ0v) is 18.9. The number of benzene rings is 1. The predicted molar refractivity (Wildman–Crippen MR) is 121 cm³/mol. The molecule has 1 aromatic carbocycles. The molecule has 164 valence electrons. The van der Waals surface area contributed by atoms with Crippen molar-refractivity contribution in [2.45, 2.75) is 32.0 Å². The Bertz CT molecular complexity index is 1020. The summed E-state index contributed by atoms with van der Waals surface area (Å²) >= 11 is 2.78. The molecule has 2 N–H and O–H groups in total. The number of imide groups is 1. The molecular formula is C21H24FN5O2S2. The highest BCUT2D eigenvalue weighted by atomic mass is 32.2. The van der Waals surface area contributed by atoms with Gasteiger partial charge in [0.05, 0.1) is 11.3 Å². The molecule has 3 amide bonds. The standard InChI is InChI=1S/C21H24FN5O2S2/c1-14(2)12-27-19(16-7-3-4-8-17(16)22)25-26-21(27)31-13-18(28)24-20(29)23-10-9-15-6-5-11-30-15/h3-8,11,14H,9-10,12-13H2,1-2H3,(H2,23,24,28,29). The number of urea groups is 1. The molecule has 3 rings (SSSR count). The van der Waals surface area contributed by atoms with Crippen LogP contribution in [0.2, 0.25) is 0 Å². The highest BCUT2D eigenvalue weighted by Gasteiger charge is 2.19. The molecule has 2 heterocycles. The number of hydrogen-bond acceptors (Lipinski definition) is 6. The average molecular weight is 462 g/mol. The SMILES string of the molecule is CC(C)Cn1c(SCC(=O)NC(=O)NCCc2cccs2)nnc1-c1ccccc1F. The van der Waals surface area contributed by atoms with Crippen molar-refractivity contribution in [1.82, 2.24) is 25.4 Å². The number of nitrogens with one attached hydrogen (secondary N) is 2. The molecule has 0 aliphatic rings. The number of nitrogens with zero attached hydrogens (tertiary/aromatic N) is 3. The zero-order chi connectivity index (χ0) is 22.2. The first kappa shape index (κ1) is 23.0.